The molecule has 1 N–H and O–H groups in total. The van der Waals surface area contributed by atoms with Crippen LogP contribution in [0.4, 0.5) is 0 Å². The first-order valence-electron chi connectivity index (χ1n) is 7.83. The molecule has 0 spiro atoms. The van der Waals surface area contributed by atoms with Gasteiger partial charge in [0, 0.05) is 16.4 Å². The van der Waals surface area contributed by atoms with E-state index in [4.69, 9.17) is 0 Å². The highest BCUT2D eigenvalue weighted by Gasteiger charge is 2.28. The van der Waals surface area contributed by atoms with Gasteiger partial charge in [-0.1, -0.05) is 59.3 Å². The van der Waals surface area contributed by atoms with E-state index in [1.165, 1.54) is 18.4 Å². The minimum absolute atomic E-state index is 0.528. The van der Waals surface area contributed by atoms with E-state index in [0.29, 0.717) is 12.0 Å². The molecule has 2 aromatic carbocycles. The Morgan fingerprint density at radius 3 is 2.67 bits per heavy atom. The van der Waals surface area contributed by atoms with Crippen LogP contribution in [-0.2, 0) is 12.8 Å². The fourth-order valence-electron chi connectivity index (χ4n) is 3.50. The number of aryl methyl sites for hydroxylation is 1. The molecule has 0 saturated heterocycles. The van der Waals surface area contributed by atoms with Crippen LogP contribution in [0.1, 0.15) is 36.0 Å². The number of fused-ring (bicyclic) bond motifs is 1. The molecule has 1 nitrogen and oxygen atoms in total. The third-order valence-corrected chi connectivity index (χ3v) is 5.03. The summed E-state index contributed by atoms with van der Waals surface area (Å²) >= 11 is 3.51. The zero-order valence-corrected chi connectivity index (χ0v) is 14.1. The molecule has 2 aromatic rings. The van der Waals surface area contributed by atoms with Crippen LogP contribution in [0.25, 0.3) is 0 Å². The first kappa shape index (κ1) is 14.8. The highest BCUT2D eigenvalue weighted by atomic mass is 79.9. The van der Waals surface area contributed by atoms with E-state index in [2.05, 4.69) is 76.7 Å². The van der Waals surface area contributed by atoms with Gasteiger partial charge < -0.3 is 5.32 Å². The molecule has 110 valence electrons. The SMILES string of the molecule is CCNC(Cc1ccc(Br)cc1)C1CCc2ccccc21. The number of likely N-dealkylation sites (N-methyl/N-ethyl adjacent to an activating group) is 1. The van der Waals surface area contributed by atoms with Crippen LogP contribution >= 0.6 is 15.9 Å². The predicted octanol–water partition coefficient (Wildman–Crippen LogP) is 4.70. The summed E-state index contributed by atoms with van der Waals surface area (Å²) in [6.45, 7) is 3.23. The van der Waals surface area contributed by atoms with E-state index in [9.17, 15) is 0 Å². The van der Waals surface area contributed by atoms with Crippen LogP contribution in [0, 0.1) is 0 Å². The predicted molar refractivity (Wildman–Crippen MR) is 92.8 cm³/mol. The Balaban J connectivity index is 1.80. The van der Waals surface area contributed by atoms with Crippen molar-refractivity contribution in [3.05, 3.63) is 69.7 Å². The molecule has 1 aliphatic rings. The molecule has 21 heavy (non-hydrogen) atoms. The van der Waals surface area contributed by atoms with Gasteiger partial charge in [0.1, 0.15) is 0 Å². The monoisotopic (exact) mass is 343 g/mol. The Bertz CT molecular complexity index is 591. The number of rotatable bonds is 5. The lowest BCUT2D eigenvalue weighted by Gasteiger charge is -2.25. The van der Waals surface area contributed by atoms with E-state index in [-0.39, 0.29) is 0 Å². The number of hydrogen-bond donors (Lipinski definition) is 1. The summed E-state index contributed by atoms with van der Waals surface area (Å²) in [5, 5.41) is 3.72. The minimum atomic E-state index is 0.528. The topological polar surface area (TPSA) is 12.0 Å². The Morgan fingerprint density at radius 2 is 1.90 bits per heavy atom. The average molecular weight is 344 g/mol. The normalized spacial score (nSPS) is 18.5. The largest absolute Gasteiger partial charge is 0.313 e. The summed E-state index contributed by atoms with van der Waals surface area (Å²) in [5.74, 6) is 0.643. The maximum absolute atomic E-state index is 3.72. The van der Waals surface area contributed by atoms with Crippen molar-refractivity contribution in [1.29, 1.82) is 0 Å². The minimum Gasteiger partial charge on any atom is -0.313 e. The number of nitrogens with one attached hydrogen (secondary N) is 1. The summed E-state index contributed by atoms with van der Waals surface area (Å²) in [6, 6.07) is 18.2. The fourth-order valence-corrected chi connectivity index (χ4v) is 3.77. The zero-order valence-electron chi connectivity index (χ0n) is 12.5. The lowest BCUT2D eigenvalue weighted by molar-refractivity contribution is 0.435. The van der Waals surface area contributed by atoms with Crippen molar-refractivity contribution in [2.24, 2.45) is 0 Å². The first-order chi connectivity index (χ1) is 10.3. The van der Waals surface area contributed by atoms with Crippen molar-refractivity contribution >= 4 is 15.9 Å². The van der Waals surface area contributed by atoms with E-state index >= 15 is 0 Å². The average Bonchev–Trinajstić information content (AvgIpc) is 2.93. The Labute approximate surface area is 135 Å². The Hall–Kier alpha value is -1.12. The fraction of sp³-hybridized carbons (Fsp3) is 0.368. The molecule has 0 saturated carbocycles. The van der Waals surface area contributed by atoms with Crippen LogP contribution in [-0.4, -0.2) is 12.6 Å². The van der Waals surface area contributed by atoms with Gasteiger partial charge in [-0.3, -0.25) is 0 Å². The van der Waals surface area contributed by atoms with Crippen molar-refractivity contribution in [2.45, 2.75) is 38.1 Å². The van der Waals surface area contributed by atoms with Gasteiger partial charge in [-0.05, 0) is 54.6 Å². The summed E-state index contributed by atoms with van der Waals surface area (Å²) in [7, 11) is 0. The summed E-state index contributed by atoms with van der Waals surface area (Å²) < 4.78 is 1.15. The molecule has 3 rings (SSSR count). The number of hydrogen-bond acceptors (Lipinski definition) is 1. The zero-order chi connectivity index (χ0) is 14.7. The van der Waals surface area contributed by atoms with Crippen LogP contribution in [0.2, 0.25) is 0 Å². The molecular formula is C19H22BrN. The number of benzene rings is 2. The summed E-state index contributed by atoms with van der Waals surface area (Å²) in [4.78, 5) is 0. The van der Waals surface area contributed by atoms with Crippen LogP contribution < -0.4 is 5.32 Å². The van der Waals surface area contributed by atoms with Gasteiger partial charge in [0.15, 0.2) is 0 Å². The van der Waals surface area contributed by atoms with Gasteiger partial charge in [-0.25, -0.2) is 0 Å². The molecule has 1 aliphatic carbocycles. The van der Waals surface area contributed by atoms with Crippen molar-refractivity contribution in [3.63, 3.8) is 0 Å². The van der Waals surface area contributed by atoms with Crippen molar-refractivity contribution in [1.82, 2.24) is 5.32 Å². The molecule has 0 aliphatic heterocycles. The standard InChI is InChI=1S/C19H22BrN/c1-2-21-19(13-14-7-10-16(20)11-8-14)18-12-9-15-5-3-4-6-17(15)18/h3-8,10-11,18-19,21H,2,9,12-13H2,1H3. The maximum Gasteiger partial charge on any atom is 0.0176 e. The van der Waals surface area contributed by atoms with Gasteiger partial charge in [0.25, 0.3) is 0 Å². The van der Waals surface area contributed by atoms with Gasteiger partial charge in [-0.2, -0.15) is 0 Å². The molecule has 2 heteroatoms. The lowest BCUT2D eigenvalue weighted by atomic mass is 9.89. The molecule has 0 radical (unpaired) electrons. The molecule has 0 aromatic heterocycles. The summed E-state index contributed by atoms with van der Waals surface area (Å²) in [5.41, 5.74) is 4.51. The number of halogens is 1. The van der Waals surface area contributed by atoms with E-state index < -0.39 is 0 Å². The molecule has 0 heterocycles. The van der Waals surface area contributed by atoms with Gasteiger partial charge in [0.2, 0.25) is 0 Å². The highest BCUT2D eigenvalue weighted by Crippen LogP contribution is 2.36. The molecule has 2 atom stereocenters. The van der Waals surface area contributed by atoms with Crippen LogP contribution in [0.5, 0.6) is 0 Å². The third kappa shape index (κ3) is 3.38. The quantitative estimate of drug-likeness (QED) is 0.829. The van der Waals surface area contributed by atoms with E-state index in [1.54, 1.807) is 11.1 Å². The second kappa shape index (κ2) is 6.76. The van der Waals surface area contributed by atoms with Crippen molar-refractivity contribution < 1.29 is 0 Å². The summed E-state index contributed by atoms with van der Waals surface area (Å²) in [6.07, 6.45) is 3.59. The molecule has 2 unspecified atom stereocenters. The second-order valence-corrected chi connectivity index (χ2v) is 6.75. The first-order valence-corrected chi connectivity index (χ1v) is 8.63. The third-order valence-electron chi connectivity index (χ3n) is 4.50. The molecule has 0 fully saturated rings. The van der Waals surface area contributed by atoms with Crippen molar-refractivity contribution in [3.8, 4) is 0 Å². The van der Waals surface area contributed by atoms with Crippen molar-refractivity contribution in [2.75, 3.05) is 6.54 Å². The smallest absolute Gasteiger partial charge is 0.0176 e. The Kier molecular flexibility index (Phi) is 4.77. The second-order valence-electron chi connectivity index (χ2n) is 5.84. The van der Waals surface area contributed by atoms with Gasteiger partial charge in [-0.15, -0.1) is 0 Å². The molecule has 0 amide bonds. The van der Waals surface area contributed by atoms with Crippen LogP contribution in [0.3, 0.4) is 0 Å². The van der Waals surface area contributed by atoms with Crippen LogP contribution in [0.15, 0.2) is 53.0 Å². The van der Waals surface area contributed by atoms with E-state index in [0.717, 1.165) is 17.4 Å². The maximum atomic E-state index is 3.72. The van der Waals surface area contributed by atoms with Gasteiger partial charge >= 0.3 is 0 Å². The highest BCUT2D eigenvalue weighted by molar-refractivity contribution is 9.10. The van der Waals surface area contributed by atoms with Gasteiger partial charge in [0.05, 0.1) is 0 Å². The van der Waals surface area contributed by atoms with E-state index in [1.807, 2.05) is 0 Å². The molecule has 0 bridgehead atoms. The lowest BCUT2D eigenvalue weighted by Crippen LogP contribution is -2.36. The molecular weight excluding hydrogens is 322 g/mol. The Morgan fingerprint density at radius 1 is 1.14 bits per heavy atom.